The van der Waals surface area contributed by atoms with E-state index in [0.717, 1.165) is 17.5 Å². The maximum absolute atomic E-state index is 10.6. The summed E-state index contributed by atoms with van der Waals surface area (Å²) in [6.07, 6.45) is 4.81. The van der Waals surface area contributed by atoms with Gasteiger partial charge in [0.2, 0.25) is 5.91 Å². The standard InChI is InChI=1S/C14H16N2O/c1-11-9-13(6-7-14(11)10-15)5-3-4-8-16-12(2)17/h3,5-7,9H,4,8H2,1-2H3,(H,16,17). The first-order valence-electron chi connectivity index (χ1n) is 5.55. The van der Waals surface area contributed by atoms with E-state index in [-0.39, 0.29) is 5.91 Å². The van der Waals surface area contributed by atoms with Crippen LogP contribution in [0.4, 0.5) is 0 Å². The fourth-order valence-electron chi connectivity index (χ4n) is 1.47. The second-order valence-corrected chi connectivity index (χ2v) is 3.86. The number of hydrogen-bond donors (Lipinski definition) is 1. The Hall–Kier alpha value is -2.08. The Morgan fingerprint density at radius 2 is 2.29 bits per heavy atom. The first kappa shape index (κ1) is 13.0. The highest BCUT2D eigenvalue weighted by atomic mass is 16.1. The number of nitrogens with one attached hydrogen (secondary N) is 1. The molecular weight excluding hydrogens is 212 g/mol. The largest absolute Gasteiger partial charge is 0.356 e. The minimum Gasteiger partial charge on any atom is -0.356 e. The van der Waals surface area contributed by atoms with Crippen LogP contribution in [-0.4, -0.2) is 12.5 Å². The Morgan fingerprint density at radius 3 is 2.88 bits per heavy atom. The summed E-state index contributed by atoms with van der Waals surface area (Å²) < 4.78 is 0. The molecule has 0 aliphatic rings. The summed E-state index contributed by atoms with van der Waals surface area (Å²) in [6, 6.07) is 7.86. The molecule has 1 rings (SSSR count). The molecule has 0 aromatic heterocycles. The molecule has 1 N–H and O–H groups in total. The summed E-state index contributed by atoms with van der Waals surface area (Å²) in [6.45, 7) is 4.09. The first-order valence-corrected chi connectivity index (χ1v) is 5.55. The van der Waals surface area contributed by atoms with Crippen LogP contribution in [0.5, 0.6) is 0 Å². The van der Waals surface area contributed by atoms with Crippen LogP contribution in [-0.2, 0) is 4.79 Å². The summed E-state index contributed by atoms with van der Waals surface area (Å²) in [5, 5.41) is 11.5. The normalized spacial score (nSPS) is 10.2. The molecule has 1 aromatic carbocycles. The molecule has 1 aromatic rings. The third-order valence-electron chi connectivity index (χ3n) is 2.37. The van der Waals surface area contributed by atoms with Crippen molar-refractivity contribution in [2.24, 2.45) is 0 Å². The molecule has 3 nitrogen and oxygen atoms in total. The van der Waals surface area contributed by atoms with Crippen LogP contribution in [0.15, 0.2) is 24.3 Å². The van der Waals surface area contributed by atoms with Crippen molar-refractivity contribution in [3.05, 3.63) is 41.0 Å². The number of benzene rings is 1. The smallest absolute Gasteiger partial charge is 0.216 e. The van der Waals surface area contributed by atoms with Crippen LogP contribution in [0, 0.1) is 18.3 Å². The molecule has 88 valence electrons. The molecule has 0 unspecified atom stereocenters. The number of amides is 1. The van der Waals surface area contributed by atoms with Crippen LogP contribution < -0.4 is 5.32 Å². The Labute approximate surface area is 102 Å². The number of carbonyl (C=O) groups excluding carboxylic acids is 1. The van der Waals surface area contributed by atoms with Gasteiger partial charge in [0.1, 0.15) is 0 Å². The van der Waals surface area contributed by atoms with E-state index in [9.17, 15) is 4.79 Å². The fraction of sp³-hybridized carbons (Fsp3) is 0.286. The van der Waals surface area contributed by atoms with Gasteiger partial charge in [-0.2, -0.15) is 5.26 Å². The third kappa shape index (κ3) is 4.52. The number of aryl methyl sites for hydroxylation is 1. The van der Waals surface area contributed by atoms with Crippen LogP contribution in [0.3, 0.4) is 0 Å². The Morgan fingerprint density at radius 1 is 1.53 bits per heavy atom. The predicted octanol–water partition coefficient (Wildman–Crippen LogP) is 2.41. The zero-order valence-electron chi connectivity index (χ0n) is 10.2. The number of rotatable bonds is 4. The average molecular weight is 228 g/mol. The van der Waals surface area contributed by atoms with Crippen molar-refractivity contribution in [3.8, 4) is 6.07 Å². The molecule has 0 spiro atoms. The van der Waals surface area contributed by atoms with Crippen molar-refractivity contribution in [1.82, 2.24) is 5.32 Å². The molecule has 0 heterocycles. The average Bonchev–Trinajstić information content (AvgIpc) is 2.28. The van der Waals surface area contributed by atoms with E-state index in [2.05, 4.69) is 11.4 Å². The Balaban J connectivity index is 2.52. The second-order valence-electron chi connectivity index (χ2n) is 3.86. The van der Waals surface area contributed by atoms with Gasteiger partial charge in [-0.15, -0.1) is 0 Å². The molecule has 1 amide bonds. The van der Waals surface area contributed by atoms with Gasteiger partial charge in [0.25, 0.3) is 0 Å². The van der Waals surface area contributed by atoms with Gasteiger partial charge >= 0.3 is 0 Å². The fourth-order valence-corrected chi connectivity index (χ4v) is 1.47. The molecule has 17 heavy (non-hydrogen) atoms. The van der Waals surface area contributed by atoms with Gasteiger partial charge in [-0.3, -0.25) is 4.79 Å². The van der Waals surface area contributed by atoms with Crippen molar-refractivity contribution >= 4 is 12.0 Å². The molecule has 3 heteroatoms. The Bertz CT molecular complexity index is 470. The number of hydrogen-bond acceptors (Lipinski definition) is 2. The van der Waals surface area contributed by atoms with Gasteiger partial charge in [0.15, 0.2) is 0 Å². The lowest BCUT2D eigenvalue weighted by Gasteiger charge is -1.99. The van der Waals surface area contributed by atoms with Gasteiger partial charge in [-0.1, -0.05) is 24.3 Å². The van der Waals surface area contributed by atoms with E-state index in [4.69, 9.17) is 5.26 Å². The lowest BCUT2D eigenvalue weighted by atomic mass is 10.1. The van der Waals surface area contributed by atoms with Crippen LogP contribution in [0.25, 0.3) is 6.08 Å². The summed E-state index contributed by atoms with van der Waals surface area (Å²) >= 11 is 0. The maximum atomic E-state index is 10.6. The third-order valence-corrected chi connectivity index (χ3v) is 2.37. The Kier molecular flexibility index (Phi) is 4.96. The topological polar surface area (TPSA) is 52.9 Å². The van der Waals surface area contributed by atoms with Gasteiger partial charge in [0, 0.05) is 13.5 Å². The van der Waals surface area contributed by atoms with Gasteiger partial charge in [0.05, 0.1) is 11.6 Å². The molecular formula is C14H16N2O. The summed E-state index contributed by atoms with van der Waals surface area (Å²) in [4.78, 5) is 10.6. The highest BCUT2D eigenvalue weighted by Crippen LogP contribution is 2.11. The van der Waals surface area contributed by atoms with Gasteiger partial charge in [-0.25, -0.2) is 0 Å². The minimum atomic E-state index is -0.00684. The monoisotopic (exact) mass is 228 g/mol. The second kappa shape index (κ2) is 6.49. The predicted molar refractivity (Wildman–Crippen MR) is 68.2 cm³/mol. The van der Waals surface area contributed by atoms with Crippen LogP contribution in [0.2, 0.25) is 0 Å². The van der Waals surface area contributed by atoms with E-state index in [1.807, 2.05) is 37.3 Å². The van der Waals surface area contributed by atoms with Crippen molar-refractivity contribution in [2.45, 2.75) is 20.3 Å². The van der Waals surface area contributed by atoms with E-state index in [1.165, 1.54) is 6.92 Å². The summed E-state index contributed by atoms with van der Waals surface area (Å²) in [7, 11) is 0. The number of nitriles is 1. The van der Waals surface area contributed by atoms with Gasteiger partial charge < -0.3 is 5.32 Å². The van der Waals surface area contributed by atoms with Crippen molar-refractivity contribution in [3.63, 3.8) is 0 Å². The molecule has 0 atom stereocenters. The molecule has 0 aliphatic carbocycles. The molecule has 0 bridgehead atoms. The summed E-state index contributed by atoms with van der Waals surface area (Å²) in [5.41, 5.74) is 2.77. The highest BCUT2D eigenvalue weighted by Gasteiger charge is 1.96. The molecule has 0 fully saturated rings. The van der Waals surface area contributed by atoms with Crippen LogP contribution >= 0.6 is 0 Å². The molecule has 0 radical (unpaired) electrons. The number of nitrogens with zero attached hydrogens (tertiary/aromatic N) is 1. The number of carbonyl (C=O) groups is 1. The molecule has 0 aliphatic heterocycles. The first-order chi connectivity index (χ1) is 8.13. The van der Waals surface area contributed by atoms with Crippen molar-refractivity contribution < 1.29 is 4.79 Å². The minimum absolute atomic E-state index is 0.00684. The molecule has 0 saturated carbocycles. The maximum Gasteiger partial charge on any atom is 0.216 e. The van der Waals surface area contributed by atoms with Crippen molar-refractivity contribution in [1.29, 1.82) is 5.26 Å². The quantitative estimate of drug-likeness (QED) is 0.804. The zero-order valence-corrected chi connectivity index (χ0v) is 10.2. The van der Waals surface area contributed by atoms with E-state index >= 15 is 0 Å². The van der Waals surface area contributed by atoms with E-state index in [1.54, 1.807) is 0 Å². The SMILES string of the molecule is CC(=O)NCCC=Cc1ccc(C#N)c(C)c1. The van der Waals surface area contributed by atoms with Crippen LogP contribution in [0.1, 0.15) is 30.0 Å². The van der Waals surface area contributed by atoms with Crippen molar-refractivity contribution in [2.75, 3.05) is 6.54 Å². The molecule has 0 saturated heterocycles. The zero-order chi connectivity index (χ0) is 12.7. The van der Waals surface area contributed by atoms with E-state index in [0.29, 0.717) is 12.1 Å². The van der Waals surface area contributed by atoms with Gasteiger partial charge in [-0.05, 0) is 30.5 Å². The lowest BCUT2D eigenvalue weighted by Crippen LogP contribution is -2.20. The summed E-state index contributed by atoms with van der Waals surface area (Å²) in [5.74, 6) is -0.00684. The van der Waals surface area contributed by atoms with E-state index < -0.39 is 0 Å². The highest BCUT2D eigenvalue weighted by molar-refractivity contribution is 5.72. The lowest BCUT2D eigenvalue weighted by molar-refractivity contribution is -0.118.